The van der Waals surface area contributed by atoms with Crippen LogP contribution in [0, 0.1) is 5.82 Å². The summed E-state index contributed by atoms with van der Waals surface area (Å²) in [6.45, 7) is 3.10. The fourth-order valence-electron chi connectivity index (χ4n) is 2.82. The van der Waals surface area contributed by atoms with Crippen molar-refractivity contribution in [3.8, 4) is 0 Å². The van der Waals surface area contributed by atoms with E-state index in [1.54, 1.807) is 18.2 Å². The van der Waals surface area contributed by atoms with Crippen LogP contribution in [0.3, 0.4) is 0 Å². The van der Waals surface area contributed by atoms with Crippen LogP contribution in [0.15, 0.2) is 30.6 Å². The Morgan fingerprint density at radius 1 is 1.27 bits per heavy atom. The number of hydrogen-bond acceptors (Lipinski definition) is 5. The standard InChI is InChI=1S/C16H20FN5/c1-11-6-4-5-9-22(11)16-14(18)15(19-10-20-16)21-13-8-3-2-7-12(13)17/h2-3,7-8,10-11H,4-6,9,18H2,1H3,(H,19,20,21). The van der Waals surface area contributed by atoms with Crippen LogP contribution in [0.2, 0.25) is 0 Å². The van der Waals surface area contributed by atoms with Crippen LogP contribution in [0.25, 0.3) is 0 Å². The molecule has 0 spiro atoms. The zero-order valence-electron chi connectivity index (χ0n) is 12.6. The summed E-state index contributed by atoms with van der Waals surface area (Å²) < 4.78 is 13.8. The predicted octanol–water partition coefficient (Wildman–Crippen LogP) is 3.32. The molecule has 22 heavy (non-hydrogen) atoms. The van der Waals surface area contributed by atoms with Gasteiger partial charge in [-0.05, 0) is 38.3 Å². The monoisotopic (exact) mass is 301 g/mol. The molecule has 3 N–H and O–H groups in total. The molecule has 0 amide bonds. The third kappa shape index (κ3) is 2.81. The van der Waals surface area contributed by atoms with Crippen LogP contribution in [0.4, 0.5) is 27.4 Å². The van der Waals surface area contributed by atoms with Crippen molar-refractivity contribution < 1.29 is 4.39 Å². The maximum absolute atomic E-state index is 13.8. The summed E-state index contributed by atoms with van der Waals surface area (Å²) in [5.41, 5.74) is 7.03. The highest BCUT2D eigenvalue weighted by Crippen LogP contribution is 2.32. The summed E-state index contributed by atoms with van der Waals surface area (Å²) in [7, 11) is 0. The van der Waals surface area contributed by atoms with Crippen molar-refractivity contribution in [2.45, 2.75) is 32.2 Å². The smallest absolute Gasteiger partial charge is 0.159 e. The van der Waals surface area contributed by atoms with Gasteiger partial charge >= 0.3 is 0 Å². The number of nitrogen functional groups attached to an aromatic ring is 1. The van der Waals surface area contributed by atoms with E-state index in [0.717, 1.165) is 25.2 Å². The molecule has 1 aliphatic heterocycles. The molecule has 1 unspecified atom stereocenters. The molecule has 1 aliphatic rings. The maximum Gasteiger partial charge on any atom is 0.159 e. The minimum atomic E-state index is -0.339. The lowest BCUT2D eigenvalue weighted by molar-refractivity contribution is 0.481. The van der Waals surface area contributed by atoms with Crippen LogP contribution in [0.5, 0.6) is 0 Å². The molecule has 5 nitrogen and oxygen atoms in total. The number of nitrogens with zero attached hydrogens (tertiary/aromatic N) is 3. The molecule has 2 aromatic rings. The van der Waals surface area contributed by atoms with E-state index in [0.29, 0.717) is 23.2 Å². The first-order valence-corrected chi connectivity index (χ1v) is 7.55. The Balaban J connectivity index is 1.90. The SMILES string of the molecule is CC1CCCCN1c1ncnc(Nc2ccccc2F)c1N. The molecule has 0 radical (unpaired) electrons. The van der Waals surface area contributed by atoms with Gasteiger partial charge in [-0.25, -0.2) is 14.4 Å². The highest BCUT2D eigenvalue weighted by Gasteiger charge is 2.23. The lowest BCUT2D eigenvalue weighted by Gasteiger charge is -2.35. The van der Waals surface area contributed by atoms with Crippen molar-refractivity contribution in [2.75, 3.05) is 22.5 Å². The number of aromatic nitrogens is 2. The molecule has 1 aromatic heterocycles. The Morgan fingerprint density at radius 3 is 2.86 bits per heavy atom. The molecule has 1 fully saturated rings. The summed E-state index contributed by atoms with van der Waals surface area (Å²) >= 11 is 0. The fourth-order valence-corrected chi connectivity index (χ4v) is 2.82. The number of nitrogens with one attached hydrogen (secondary N) is 1. The molecular weight excluding hydrogens is 281 g/mol. The summed E-state index contributed by atoms with van der Waals surface area (Å²) in [5.74, 6) is 0.822. The molecular formula is C16H20FN5. The Labute approximate surface area is 129 Å². The molecule has 2 heterocycles. The molecule has 0 bridgehead atoms. The maximum atomic E-state index is 13.8. The zero-order valence-corrected chi connectivity index (χ0v) is 12.6. The summed E-state index contributed by atoms with van der Waals surface area (Å²) in [6.07, 6.45) is 4.95. The number of rotatable bonds is 3. The van der Waals surface area contributed by atoms with Crippen molar-refractivity contribution in [1.82, 2.24) is 9.97 Å². The van der Waals surface area contributed by atoms with Gasteiger partial charge in [-0.15, -0.1) is 0 Å². The topological polar surface area (TPSA) is 67.1 Å². The van der Waals surface area contributed by atoms with Crippen molar-refractivity contribution in [2.24, 2.45) is 0 Å². The van der Waals surface area contributed by atoms with Gasteiger partial charge in [-0.3, -0.25) is 0 Å². The van der Waals surface area contributed by atoms with Gasteiger partial charge in [0.2, 0.25) is 0 Å². The van der Waals surface area contributed by atoms with E-state index >= 15 is 0 Å². The Morgan fingerprint density at radius 2 is 2.09 bits per heavy atom. The molecule has 0 saturated carbocycles. The van der Waals surface area contributed by atoms with Crippen LogP contribution < -0.4 is 16.0 Å². The first-order chi connectivity index (χ1) is 10.7. The van der Waals surface area contributed by atoms with Crippen molar-refractivity contribution in [3.63, 3.8) is 0 Å². The first-order valence-electron chi connectivity index (χ1n) is 7.55. The quantitative estimate of drug-likeness (QED) is 0.910. The van der Waals surface area contributed by atoms with Gasteiger partial charge in [0.05, 0.1) is 5.69 Å². The van der Waals surface area contributed by atoms with Crippen LogP contribution in [-0.4, -0.2) is 22.6 Å². The molecule has 0 aliphatic carbocycles. The average molecular weight is 301 g/mol. The predicted molar refractivity (Wildman–Crippen MR) is 86.8 cm³/mol. The second-order valence-corrected chi connectivity index (χ2v) is 5.60. The van der Waals surface area contributed by atoms with E-state index in [1.165, 1.54) is 18.8 Å². The van der Waals surface area contributed by atoms with Crippen LogP contribution in [-0.2, 0) is 0 Å². The normalized spacial score (nSPS) is 18.3. The van der Waals surface area contributed by atoms with Gasteiger partial charge in [0.15, 0.2) is 11.6 Å². The fraction of sp³-hybridized carbons (Fsp3) is 0.375. The van der Waals surface area contributed by atoms with E-state index in [-0.39, 0.29) is 5.82 Å². The number of anilines is 4. The lowest BCUT2D eigenvalue weighted by Crippen LogP contribution is -2.38. The summed E-state index contributed by atoms with van der Waals surface area (Å²) in [4.78, 5) is 10.7. The van der Waals surface area contributed by atoms with Gasteiger partial charge < -0.3 is 16.0 Å². The van der Waals surface area contributed by atoms with E-state index in [1.807, 2.05) is 0 Å². The van der Waals surface area contributed by atoms with Gasteiger partial charge in [-0.2, -0.15) is 0 Å². The van der Waals surface area contributed by atoms with Crippen molar-refractivity contribution in [1.29, 1.82) is 0 Å². The average Bonchev–Trinajstić information content (AvgIpc) is 2.52. The lowest BCUT2D eigenvalue weighted by atomic mass is 10.0. The number of hydrogen-bond donors (Lipinski definition) is 2. The first kappa shape index (κ1) is 14.6. The highest BCUT2D eigenvalue weighted by atomic mass is 19.1. The Bertz CT molecular complexity index is 661. The Kier molecular flexibility index (Phi) is 4.09. The van der Waals surface area contributed by atoms with Crippen LogP contribution in [0.1, 0.15) is 26.2 Å². The zero-order chi connectivity index (χ0) is 15.5. The summed E-state index contributed by atoms with van der Waals surface area (Å²) in [6, 6.07) is 6.85. The minimum Gasteiger partial charge on any atom is -0.393 e. The van der Waals surface area contributed by atoms with Crippen molar-refractivity contribution in [3.05, 3.63) is 36.4 Å². The summed E-state index contributed by atoms with van der Waals surface area (Å²) in [5, 5.41) is 2.96. The van der Waals surface area contributed by atoms with Crippen molar-refractivity contribution >= 4 is 23.0 Å². The molecule has 3 rings (SSSR count). The second kappa shape index (κ2) is 6.17. The second-order valence-electron chi connectivity index (χ2n) is 5.60. The highest BCUT2D eigenvalue weighted by molar-refractivity contribution is 5.78. The van der Waals surface area contributed by atoms with E-state index in [9.17, 15) is 4.39 Å². The number of nitrogens with two attached hydrogens (primary N) is 1. The largest absolute Gasteiger partial charge is 0.393 e. The molecule has 6 heteroatoms. The number of para-hydroxylation sites is 1. The minimum absolute atomic E-state index is 0.339. The number of halogens is 1. The molecule has 116 valence electrons. The van der Waals surface area contributed by atoms with Gasteiger partial charge in [0.25, 0.3) is 0 Å². The molecule has 1 atom stereocenters. The molecule has 1 saturated heterocycles. The number of piperidine rings is 1. The Hall–Kier alpha value is -2.37. The van der Waals surface area contributed by atoms with E-state index < -0.39 is 0 Å². The van der Waals surface area contributed by atoms with Gasteiger partial charge in [0, 0.05) is 12.6 Å². The third-order valence-corrected chi connectivity index (χ3v) is 4.06. The molecule has 1 aromatic carbocycles. The number of benzene rings is 1. The van der Waals surface area contributed by atoms with Crippen LogP contribution >= 0.6 is 0 Å². The third-order valence-electron chi connectivity index (χ3n) is 4.06. The van der Waals surface area contributed by atoms with Gasteiger partial charge in [0.1, 0.15) is 17.8 Å². The van der Waals surface area contributed by atoms with E-state index in [4.69, 9.17) is 5.73 Å². The van der Waals surface area contributed by atoms with Gasteiger partial charge in [-0.1, -0.05) is 12.1 Å². The van der Waals surface area contributed by atoms with E-state index in [2.05, 4.69) is 27.1 Å².